The lowest BCUT2D eigenvalue weighted by Gasteiger charge is -2.21. The molecule has 0 amide bonds. The van der Waals surface area contributed by atoms with Crippen LogP contribution in [0.25, 0.3) is 0 Å². The van der Waals surface area contributed by atoms with Crippen LogP contribution in [0.5, 0.6) is 0 Å². The molecule has 1 saturated carbocycles. The van der Waals surface area contributed by atoms with Crippen LogP contribution >= 0.6 is 0 Å². The highest BCUT2D eigenvalue weighted by molar-refractivity contribution is 4.83. The highest BCUT2D eigenvalue weighted by Crippen LogP contribution is 2.24. The Bertz CT molecular complexity index is 180. The molecule has 2 unspecified atom stereocenters. The van der Waals surface area contributed by atoms with E-state index in [1.807, 2.05) is 0 Å². The Morgan fingerprint density at radius 2 is 1.93 bits per heavy atom. The van der Waals surface area contributed by atoms with Crippen LogP contribution in [0, 0.1) is 5.92 Å². The minimum absolute atomic E-state index is 0.362. The molecule has 3 nitrogen and oxygen atoms in total. The van der Waals surface area contributed by atoms with Crippen LogP contribution in [-0.2, 0) is 0 Å². The van der Waals surface area contributed by atoms with Gasteiger partial charge < -0.3 is 15.3 Å². The normalized spacial score (nSPS) is 32.6. The summed E-state index contributed by atoms with van der Waals surface area (Å²) < 4.78 is 0. The minimum atomic E-state index is 0.362. The zero-order valence-electron chi connectivity index (χ0n) is 9.62. The van der Waals surface area contributed by atoms with Crippen molar-refractivity contribution in [1.82, 2.24) is 10.2 Å². The van der Waals surface area contributed by atoms with Gasteiger partial charge in [0.25, 0.3) is 0 Å². The topological polar surface area (TPSA) is 35.5 Å². The second-order valence-corrected chi connectivity index (χ2v) is 4.98. The van der Waals surface area contributed by atoms with Crippen molar-refractivity contribution < 1.29 is 5.11 Å². The van der Waals surface area contributed by atoms with Crippen LogP contribution in [0.4, 0.5) is 0 Å². The Labute approximate surface area is 92.8 Å². The first kappa shape index (κ1) is 11.4. The quantitative estimate of drug-likeness (QED) is 0.708. The molecule has 3 heteroatoms. The summed E-state index contributed by atoms with van der Waals surface area (Å²) in [5, 5.41) is 12.8. The Hall–Kier alpha value is -0.120. The molecule has 1 heterocycles. The first-order valence-electron chi connectivity index (χ1n) is 6.47. The maximum absolute atomic E-state index is 9.20. The maximum atomic E-state index is 9.20. The molecule has 2 N–H and O–H groups in total. The molecule has 0 aromatic heterocycles. The van der Waals surface area contributed by atoms with Gasteiger partial charge in [0, 0.05) is 25.7 Å². The number of hydrogen-bond acceptors (Lipinski definition) is 3. The summed E-state index contributed by atoms with van der Waals surface area (Å²) in [6.45, 7) is 5.22. The summed E-state index contributed by atoms with van der Waals surface area (Å²) in [7, 11) is 0. The van der Waals surface area contributed by atoms with E-state index in [-0.39, 0.29) is 0 Å². The third-order valence-electron chi connectivity index (χ3n) is 3.93. The molecule has 0 radical (unpaired) electrons. The molecule has 2 aliphatic rings. The van der Waals surface area contributed by atoms with Gasteiger partial charge in [0.1, 0.15) is 0 Å². The first-order valence-corrected chi connectivity index (χ1v) is 6.47. The number of aliphatic hydroxyl groups excluding tert-OH is 1. The molecule has 0 bridgehead atoms. The van der Waals surface area contributed by atoms with Gasteiger partial charge in [-0.3, -0.25) is 0 Å². The minimum Gasteiger partial charge on any atom is -0.396 e. The highest BCUT2D eigenvalue weighted by Gasteiger charge is 2.25. The van der Waals surface area contributed by atoms with Crippen LogP contribution < -0.4 is 5.32 Å². The average Bonchev–Trinajstić information content (AvgIpc) is 2.88. The zero-order chi connectivity index (χ0) is 10.5. The molecule has 88 valence electrons. The van der Waals surface area contributed by atoms with Crippen molar-refractivity contribution in [3.63, 3.8) is 0 Å². The summed E-state index contributed by atoms with van der Waals surface area (Å²) in [5.41, 5.74) is 0. The third-order valence-corrected chi connectivity index (χ3v) is 3.93. The van der Waals surface area contributed by atoms with E-state index in [9.17, 15) is 5.11 Å². The fourth-order valence-electron chi connectivity index (χ4n) is 2.94. The van der Waals surface area contributed by atoms with E-state index in [0.29, 0.717) is 18.6 Å². The van der Waals surface area contributed by atoms with Gasteiger partial charge in [-0.25, -0.2) is 0 Å². The van der Waals surface area contributed by atoms with E-state index in [0.717, 1.165) is 6.54 Å². The van der Waals surface area contributed by atoms with Gasteiger partial charge >= 0.3 is 0 Å². The first-order chi connectivity index (χ1) is 7.40. The Balaban J connectivity index is 1.60. The number of rotatable bonds is 5. The smallest absolute Gasteiger partial charge is 0.0474 e. The monoisotopic (exact) mass is 212 g/mol. The Morgan fingerprint density at radius 3 is 2.67 bits per heavy atom. The van der Waals surface area contributed by atoms with Crippen molar-refractivity contribution in [2.75, 3.05) is 32.8 Å². The van der Waals surface area contributed by atoms with Gasteiger partial charge in [0.15, 0.2) is 0 Å². The maximum Gasteiger partial charge on any atom is 0.0474 e. The van der Waals surface area contributed by atoms with Gasteiger partial charge in [0.05, 0.1) is 0 Å². The summed E-state index contributed by atoms with van der Waals surface area (Å²) in [4.78, 5) is 2.54. The van der Waals surface area contributed by atoms with Crippen LogP contribution in [0.15, 0.2) is 0 Å². The van der Waals surface area contributed by atoms with Crippen molar-refractivity contribution in [2.45, 2.75) is 38.1 Å². The van der Waals surface area contributed by atoms with Crippen molar-refractivity contribution in [1.29, 1.82) is 0 Å². The van der Waals surface area contributed by atoms with Crippen LogP contribution in [-0.4, -0.2) is 48.8 Å². The van der Waals surface area contributed by atoms with Crippen molar-refractivity contribution in [3.8, 4) is 0 Å². The molecule has 15 heavy (non-hydrogen) atoms. The molecule has 0 aromatic carbocycles. The lowest BCUT2D eigenvalue weighted by molar-refractivity contribution is 0.202. The van der Waals surface area contributed by atoms with Crippen molar-refractivity contribution in [2.24, 2.45) is 5.92 Å². The van der Waals surface area contributed by atoms with E-state index >= 15 is 0 Å². The molecule has 2 fully saturated rings. The average molecular weight is 212 g/mol. The highest BCUT2D eigenvalue weighted by atomic mass is 16.3. The predicted octanol–water partition coefficient (Wildman–Crippen LogP) is 0.833. The van der Waals surface area contributed by atoms with Gasteiger partial charge in [0.2, 0.25) is 0 Å². The van der Waals surface area contributed by atoms with E-state index in [4.69, 9.17) is 0 Å². The molecular formula is C12H24N2O. The number of nitrogens with zero attached hydrogens (tertiary/aromatic N) is 1. The second-order valence-electron chi connectivity index (χ2n) is 4.98. The van der Waals surface area contributed by atoms with E-state index < -0.39 is 0 Å². The van der Waals surface area contributed by atoms with Gasteiger partial charge in [-0.1, -0.05) is 6.42 Å². The molecular weight excluding hydrogens is 188 g/mol. The predicted molar refractivity (Wildman–Crippen MR) is 61.9 cm³/mol. The fourth-order valence-corrected chi connectivity index (χ4v) is 2.94. The summed E-state index contributed by atoms with van der Waals surface area (Å²) in [6, 6.07) is 0.581. The molecule has 2 rings (SSSR count). The molecule has 1 saturated heterocycles. The third kappa shape index (κ3) is 3.16. The summed E-state index contributed by atoms with van der Waals surface area (Å²) in [5.74, 6) is 0.517. The fraction of sp³-hybridized carbons (Fsp3) is 1.00. The molecule has 0 spiro atoms. The van der Waals surface area contributed by atoms with E-state index in [1.165, 1.54) is 51.7 Å². The Morgan fingerprint density at radius 1 is 1.13 bits per heavy atom. The molecule has 1 aliphatic heterocycles. The lowest BCUT2D eigenvalue weighted by atomic mass is 10.1. The second kappa shape index (κ2) is 5.83. The van der Waals surface area contributed by atoms with Crippen molar-refractivity contribution >= 4 is 0 Å². The van der Waals surface area contributed by atoms with Gasteiger partial charge in [-0.2, -0.15) is 0 Å². The van der Waals surface area contributed by atoms with Crippen LogP contribution in [0.1, 0.15) is 32.1 Å². The van der Waals surface area contributed by atoms with E-state index in [1.54, 1.807) is 0 Å². The number of likely N-dealkylation sites (tertiary alicyclic amines) is 1. The Kier molecular flexibility index (Phi) is 4.42. The summed E-state index contributed by atoms with van der Waals surface area (Å²) >= 11 is 0. The summed E-state index contributed by atoms with van der Waals surface area (Å²) in [6.07, 6.45) is 6.50. The van der Waals surface area contributed by atoms with Crippen LogP contribution in [0.2, 0.25) is 0 Å². The zero-order valence-corrected chi connectivity index (χ0v) is 9.62. The number of aliphatic hydroxyl groups is 1. The largest absolute Gasteiger partial charge is 0.396 e. The van der Waals surface area contributed by atoms with E-state index in [2.05, 4.69) is 10.2 Å². The standard InChI is InChI=1S/C12H24N2O/c15-10-11-4-3-5-12(11)13-6-9-14-7-1-2-8-14/h11-13,15H,1-10H2. The SMILES string of the molecule is OCC1CCCC1NCCN1CCCC1. The molecule has 1 aliphatic carbocycles. The molecule has 2 atom stereocenters. The van der Waals surface area contributed by atoms with Crippen molar-refractivity contribution in [3.05, 3.63) is 0 Å². The van der Waals surface area contributed by atoms with Gasteiger partial charge in [-0.15, -0.1) is 0 Å². The molecule has 0 aromatic rings. The lowest BCUT2D eigenvalue weighted by Crippen LogP contribution is -2.39. The number of hydrogen-bond donors (Lipinski definition) is 2. The van der Waals surface area contributed by atoms with Crippen LogP contribution in [0.3, 0.4) is 0 Å². The van der Waals surface area contributed by atoms with Gasteiger partial charge in [-0.05, 0) is 44.7 Å². The number of nitrogens with one attached hydrogen (secondary N) is 1.